The van der Waals surface area contributed by atoms with Crippen LogP contribution < -0.4 is 0 Å². The lowest BCUT2D eigenvalue weighted by atomic mass is 10.1. The summed E-state index contributed by atoms with van der Waals surface area (Å²) in [6, 6.07) is 0. The van der Waals surface area contributed by atoms with Crippen molar-refractivity contribution in [1.82, 2.24) is 9.80 Å². The van der Waals surface area contributed by atoms with Gasteiger partial charge in [0.2, 0.25) is 0 Å². The molecule has 2 heteroatoms. The highest BCUT2D eigenvalue weighted by molar-refractivity contribution is 4.67. The molecule has 23 heavy (non-hydrogen) atoms. The second kappa shape index (κ2) is 14.3. The average molecular weight is 325 g/mol. The van der Waals surface area contributed by atoms with Gasteiger partial charge >= 0.3 is 0 Å². The Morgan fingerprint density at radius 1 is 0.783 bits per heavy atom. The molecule has 0 aromatic carbocycles. The van der Waals surface area contributed by atoms with E-state index in [9.17, 15) is 0 Å². The maximum atomic E-state index is 2.75. The van der Waals surface area contributed by atoms with Crippen molar-refractivity contribution in [2.75, 3.05) is 39.3 Å². The van der Waals surface area contributed by atoms with E-state index in [0.29, 0.717) is 0 Å². The third-order valence-corrected chi connectivity index (χ3v) is 5.25. The van der Waals surface area contributed by atoms with Crippen LogP contribution in [0.5, 0.6) is 0 Å². The molecule has 1 aliphatic rings. The summed E-state index contributed by atoms with van der Waals surface area (Å²) in [6.45, 7) is 15.0. The molecule has 1 saturated heterocycles. The highest BCUT2D eigenvalue weighted by atomic mass is 15.1. The molecule has 0 radical (unpaired) electrons. The zero-order valence-corrected chi connectivity index (χ0v) is 16.5. The molecule has 0 aromatic heterocycles. The number of piperidine rings is 1. The zero-order valence-electron chi connectivity index (χ0n) is 16.5. The normalized spacial score (nSPS) is 16.6. The summed E-state index contributed by atoms with van der Waals surface area (Å²) in [5.41, 5.74) is 0. The van der Waals surface area contributed by atoms with E-state index in [1.165, 1.54) is 110 Å². The summed E-state index contributed by atoms with van der Waals surface area (Å²) in [5.74, 6) is 0.837. The zero-order chi connectivity index (χ0) is 16.8. The first-order chi connectivity index (χ1) is 11.2. The Balaban J connectivity index is 2.13. The fraction of sp³-hybridized carbons (Fsp3) is 1.00. The van der Waals surface area contributed by atoms with E-state index in [2.05, 4.69) is 30.6 Å². The average Bonchev–Trinajstić information content (AvgIpc) is 2.56. The van der Waals surface area contributed by atoms with Crippen LogP contribution in [0.1, 0.15) is 91.4 Å². The van der Waals surface area contributed by atoms with Gasteiger partial charge in [-0.15, -0.1) is 0 Å². The van der Waals surface area contributed by atoms with Crippen LogP contribution in [-0.2, 0) is 0 Å². The lowest BCUT2D eigenvalue weighted by Crippen LogP contribution is -2.34. The molecule has 0 unspecified atom stereocenters. The van der Waals surface area contributed by atoms with Crippen molar-refractivity contribution in [2.45, 2.75) is 91.4 Å². The van der Waals surface area contributed by atoms with Crippen LogP contribution in [0.2, 0.25) is 0 Å². The van der Waals surface area contributed by atoms with Crippen LogP contribution in [0.25, 0.3) is 0 Å². The van der Waals surface area contributed by atoms with E-state index in [-0.39, 0.29) is 0 Å². The minimum absolute atomic E-state index is 0.837. The van der Waals surface area contributed by atoms with Gasteiger partial charge in [-0.3, -0.25) is 0 Å². The maximum absolute atomic E-state index is 2.75. The van der Waals surface area contributed by atoms with E-state index >= 15 is 0 Å². The van der Waals surface area contributed by atoms with Gasteiger partial charge in [-0.25, -0.2) is 0 Å². The van der Waals surface area contributed by atoms with Crippen molar-refractivity contribution in [3.63, 3.8) is 0 Å². The number of hydrogen-bond acceptors (Lipinski definition) is 2. The minimum Gasteiger partial charge on any atom is -0.303 e. The van der Waals surface area contributed by atoms with Gasteiger partial charge in [0.25, 0.3) is 0 Å². The molecule has 138 valence electrons. The number of unbranched alkanes of at least 4 members (excludes halogenated alkanes) is 5. The molecule has 1 heterocycles. The van der Waals surface area contributed by atoms with E-state index < -0.39 is 0 Å². The Morgan fingerprint density at radius 3 is 2.13 bits per heavy atom. The number of rotatable bonds is 14. The highest BCUT2D eigenvalue weighted by Crippen LogP contribution is 2.11. The molecule has 0 spiro atoms. The summed E-state index contributed by atoms with van der Waals surface area (Å²) in [6.07, 6.45) is 15.5. The van der Waals surface area contributed by atoms with Gasteiger partial charge in [-0.2, -0.15) is 0 Å². The fourth-order valence-corrected chi connectivity index (χ4v) is 3.59. The monoisotopic (exact) mass is 324 g/mol. The Labute approximate surface area is 147 Å². The summed E-state index contributed by atoms with van der Waals surface area (Å²) in [7, 11) is 0. The first kappa shape index (κ1) is 21.0. The van der Waals surface area contributed by atoms with Crippen LogP contribution in [0.3, 0.4) is 0 Å². The minimum atomic E-state index is 0.837. The standard InChI is InChI=1S/C21H44N2/c1-4-5-6-7-8-10-17-23(20-14-21(2)3)19-13-18-22-15-11-9-12-16-22/h21H,4-20H2,1-3H3. The van der Waals surface area contributed by atoms with Crippen LogP contribution in [0, 0.1) is 5.92 Å². The Kier molecular flexibility index (Phi) is 13.0. The quantitative estimate of drug-likeness (QED) is 0.385. The Hall–Kier alpha value is -0.0800. The third-order valence-electron chi connectivity index (χ3n) is 5.25. The second-order valence-corrected chi connectivity index (χ2v) is 8.05. The molecular formula is C21H44N2. The molecule has 0 amide bonds. The van der Waals surface area contributed by atoms with E-state index in [1.54, 1.807) is 0 Å². The largest absolute Gasteiger partial charge is 0.303 e. The van der Waals surface area contributed by atoms with Crippen molar-refractivity contribution in [3.05, 3.63) is 0 Å². The molecule has 2 nitrogen and oxygen atoms in total. The third kappa shape index (κ3) is 12.0. The lowest BCUT2D eigenvalue weighted by Gasteiger charge is -2.28. The molecule has 1 fully saturated rings. The van der Waals surface area contributed by atoms with Crippen molar-refractivity contribution in [2.24, 2.45) is 5.92 Å². The smallest absolute Gasteiger partial charge is 0.000655 e. The Bertz CT molecular complexity index is 246. The molecule has 0 saturated carbocycles. The van der Waals surface area contributed by atoms with Gasteiger partial charge in [-0.1, -0.05) is 59.3 Å². The van der Waals surface area contributed by atoms with Crippen LogP contribution >= 0.6 is 0 Å². The summed E-state index contributed by atoms with van der Waals surface area (Å²) < 4.78 is 0. The van der Waals surface area contributed by atoms with E-state index in [0.717, 1.165) is 5.92 Å². The molecule has 0 aromatic rings. The molecule has 1 aliphatic heterocycles. The van der Waals surface area contributed by atoms with Gasteiger partial charge in [0.15, 0.2) is 0 Å². The molecule has 0 atom stereocenters. The van der Waals surface area contributed by atoms with Crippen LogP contribution in [-0.4, -0.2) is 49.1 Å². The summed E-state index contributed by atoms with van der Waals surface area (Å²) in [5, 5.41) is 0. The predicted molar refractivity (Wildman–Crippen MR) is 104 cm³/mol. The topological polar surface area (TPSA) is 6.48 Å². The highest BCUT2D eigenvalue weighted by Gasteiger charge is 2.11. The van der Waals surface area contributed by atoms with Crippen molar-refractivity contribution >= 4 is 0 Å². The SMILES string of the molecule is CCCCCCCCN(CCCN1CCCCC1)CCC(C)C. The van der Waals surface area contributed by atoms with Crippen LogP contribution in [0.4, 0.5) is 0 Å². The lowest BCUT2D eigenvalue weighted by molar-refractivity contribution is 0.197. The number of likely N-dealkylation sites (tertiary alicyclic amines) is 1. The number of hydrogen-bond donors (Lipinski definition) is 0. The van der Waals surface area contributed by atoms with Gasteiger partial charge < -0.3 is 9.80 Å². The second-order valence-electron chi connectivity index (χ2n) is 8.05. The molecule has 0 N–H and O–H groups in total. The fourth-order valence-electron chi connectivity index (χ4n) is 3.59. The predicted octanol–water partition coefficient (Wildman–Crippen LogP) is 5.57. The van der Waals surface area contributed by atoms with E-state index in [1.807, 2.05) is 0 Å². The summed E-state index contributed by atoms with van der Waals surface area (Å²) in [4.78, 5) is 5.44. The molecular weight excluding hydrogens is 280 g/mol. The molecule has 0 bridgehead atoms. The number of nitrogens with zero attached hydrogens (tertiary/aromatic N) is 2. The van der Waals surface area contributed by atoms with E-state index in [4.69, 9.17) is 0 Å². The van der Waals surface area contributed by atoms with Crippen molar-refractivity contribution in [3.8, 4) is 0 Å². The van der Waals surface area contributed by atoms with Crippen molar-refractivity contribution < 1.29 is 0 Å². The van der Waals surface area contributed by atoms with Gasteiger partial charge in [-0.05, 0) is 77.3 Å². The van der Waals surface area contributed by atoms with Crippen LogP contribution in [0.15, 0.2) is 0 Å². The maximum Gasteiger partial charge on any atom is -0.000655 e. The van der Waals surface area contributed by atoms with Gasteiger partial charge in [0.1, 0.15) is 0 Å². The first-order valence-electron chi connectivity index (χ1n) is 10.7. The Morgan fingerprint density at radius 2 is 1.43 bits per heavy atom. The first-order valence-corrected chi connectivity index (χ1v) is 10.7. The summed E-state index contributed by atoms with van der Waals surface area (Å²) >= 11 is 0. The van der Waals surface area contributed by atoms with Crippen molar-refractivity contribution in [1.29, 1.82) is 0 Å². The molecule has 0 aliphatic carbocycles. The molecule has 1 rings (SSSR count). The van der Waals surface area contributed by atoms with Gasteiger partial charge in [0.05, 0.1) is 0 Å². The van der Waals surface area contributed by atoms with Gasteiger partial charge in [0, 0.05) is 0 Å².